The molecule has 0 spiro atoms. The first-order chi connectivity index (χ1) is 16.9. The van der Waals surface area contributed by atoms with E-state index in [1.165, 1.54) is 44.4 Å². The van der Waals surface area contributed by atoms with Crippen LogP contribution in [0, 0.1) is 12.7 Å². The summed E-state index contributed by atoms with van der Waals surface area (Å²) >= 11 is 1.02. The molecule has 0 aliphatic heterocycles. The molecule has 3 N–H and O–H groups in total. The van der Waals surface area contributed by atoms with Crippen LogP contribution >= 0.6 is 11.3 Å². The first-order valence-corrected chi connectivity index (χ1v) is 11.6. The van der Waals surface area contributed by atoms with Crippen LogP contribution in [0.25, 0.3) is 10.2 Å². The lowest BCUT2D eigenvalue weighted by Gasteiger charge is -2.25. The fourth-order valence-electron chi connectivity index (χ4n) is 3.79. The maximum absolute atomic E-state index is 14.0. The number of carbonyl (C=O) groups is 1. The first kappa shape index (κ1) is 26.8. The summed E-state index contributed by atoms with van der Waals surface area (Å²) in [6, 6.07) is 3.63. The molecule has 13 heteroatoms. The molecule has 1 amide bonds. The van der Waals surface area contributed by atoms with Gasteiger partial charge in [-0.1, -0.05) is 11.3 Å². The highest BCUT2D eigenvalue weighted by Gasteiger charge is 2.34. The van der Waals surface area contributed by atoms with Crippen molar-refractivity contribution in [1.29, 1.82) is 0 Å². The van der Waals surface area contributed by atoms with Crippen LogP contribution in [0.5, 0.6) is 5.75 Å². The monoisotopic (exact) mass is 518 g/mol. The smallest absolute Gasteiger partial charge is 0.333 e. The molecule has 192 valence electrons. The summed E-state index contributed by atoms with van der Waals surface area (Å²) in [6.45, 7) is 9.11. The molecule has 0 saturated heterocycles. The number of aromatic nitrogens is 2. The highest BCUT2D eigenvalue weighted by molar-refractivity contribution is 7.22. The molecular formula is C23H27FN6O5S. The number of hydrazone groups is 2. The van der Waals surface area contributed by atoms with Crippen LogP contribution in [-0.2, 0) is 16.9 Å². The Bertz CT molecular complexity index is 1490. The lowest BCUT2D eigenvalue weighted by Crippen LogP contribution is -2.54. The molecule has 3 aromatic rings. The van der Waals surface area contributed by atoms with E-state index in [4.69, 9.17) is 10.5 Å². The number of nitrogens with two attached hydrogens (primary N) is 1. The third-order valence-corrected chi connectivity index (χ3v) is 7.08. The number of rotatable bonds is 9. The van der Waals surface area contributed by atoms with Gasteiger partial charge in [-0.15, -0.1) is 5.12 Å². The number of carbonyl (C=O) groups excluding carboxylic acids is 1. The van der Waals surface area contributed by atoms with E-state index in [9.17, 15) is 23.9 Å². The molecule has 0 bridgehead atoms. The summed E-state index contributed by atoms with van der Waals surface area (Å²) < 4.78 is 21.1. The quantitative estimate of drug-likeness (QED) is 0.328. The molecule has 2 heterocycles. The van der Waals surface area contributed by atoms with Gasteiger partial charge in [0.2, 0.25) is 5.91 Å². The number of primary amides is 1. The molecule has 0 fully saturated rings. The van der Waals surface area contributed by atoms with Gasteiger partial charge >= 0.3 is 5.69 Å². The van der Waals surface area contributed by atoms with Gasteiger partial charge in [0.05, 0.1) is 19.0 Å². The van der Waals surface area contributed by atoms with Gasteiger partial charge in [0.25, 0.3) is 5.56 Å². The summed E-state index contributed by atoms with van der Waals surface area (Å²) in [7, 11) is 1.36. The summed E-state index contributed by atoms with van der Waals surface area (Å²) in [6.07, 6.45) is 0.0624. The molecule has 3 rings (SSSR count). The maximum Gasteiger partial charge on any atom is 0.333 e. The van der Waals surface area contributed by atoms with Crippen molar-refractivity contribution in [2.75, 3.05) is 12.2 Å². The van der Waals surface area contributed by atoms with Crippen molar-refractivity contribution in [3.63, 3.8) is 0 Å². The van der Waals surface area contributed by atoms with Crippen LogP contribution in [0.3, 0.4) is 0 Å². The number of methoxy groups -OCH3 is 1. The minimum Gasteiger partial charge on any atom is -0.496 e. The van der Waals surface area contributed by atoms with Crippen LogP contribution in [0.2, 0.25) is 0 Å². The molecule has 2 aromatic heterocycles. The zero-order valence-corrected chi connectivity index (χ0v) is 21.3. The van der Waals surface area contributed by atoms with Crippen LogP contribution in [-0.4, -0.2) is 40.2 Å². The number of aryl methyl sites for hydroxylation is 1. The number of amides is 1. The van der Waals surface area contributed by atoms with Gasteiger partial charge < -0.3 is 15.6 Å². The summed E-state index contributed by atoms with van der Waals surface area (Å²) in [5.74, 6) is -1.30. The molecule has 11 nitrogen and oxygen atoms in total. The third kappa shape index (κ3) is 4.42. The van der Waals surface area contributed by atoms with E-state index >= 15 is 0 Å². The van der Waals surface area contributed by atoms with E-state index in [1.54, 1.807) is 13.8 Å². The number of hydrogen-bond donors (Lipinski definition) is 2. The Balaban J connectivity index is 2.40. The van der Waals surface area contributed by atoms with Crippen LogP contribution < -0.4 is 26.8 Å². The van der Waals surface area contributed by atoms with Gasteiger partial charge in [-0.3, -0.25) is 14.2 Å². The van der Waals surface area contributed by atoms with Crippen molar-refractivity contribution in [1.82, 2.24) is 9.13 Å². The van der Waals surface area contributed by atoms with E-state index in [0.29, 0.717) is 10.6 Å². The van der Waals surface area contributed by atoms with Crippen LogP contribution in [0.4, 0.5) is 9.39 Å². The van der Waals surface area contributed by atoms with Gasteiger partial charge in [-0.05, 0) is 45.9 Å². The molecule has 36 heavy (non-hydrogen) atoms. The number of hydrogen-bond acceptors (Lipinski definition) is 9. The Morgan fingerprint density at radius 2 is 2.08 bits per heavy atom. The number of nitrogens with zero attached hydrogens (tertiary/aromatic N) is 5. The maximum atomic E-state index is 14.0. The Labute approximate surface area is 209 Å². The Hall–Kier alpha value is -3.84. The van der Waals surface area contributed by atoms with Gasteiger partial charge in [0.1, 0.15) is 33.0 Å². The number of benzene rings is 1. The molecule has 0 saturated carbocycles. The molecule has 1 aromatic carbocycles. The number of thiophene rings is 1. The first-order valence-electron chi connectivity index (χ1n) is 10.8. The van der Waals surface area contributed by atoms with Crippen molar-refractivity contribution in [2.45, 2.75) is 45.9 Å². The number of fused-ring (bicyclic) bond motifs is 1. The van der Waals surface area contributed by atoms with E-state index in [0.717, 1.165) is 26.5 Å². The van der Waals surface area contributed by atoms with Crippen molar-refractivity contribution >= 4 is 45.4 Å². The highest BCUT2D eigenvalue weighted by atomic mass is 32.1. The Morgan fingerprint density at radius 3 is 2.64 bits per heavy atom. The van der Waals surface area contributed by atoms with Crippen molar-refractivity contribution in [3.8, 4) is 5.75 Å². The fourth-order valence-corrected chi connectivity index (χ4v) is 5.02. The minimum absolute atomic E-state index is 0.0999. The number of anilines is 1. The zero-order valence-electron chi connectivity index (χ0n) is 20.5. The topological polar surface area (TPSA) is 145 Å². The molecule has 0 aliphatic carbocycles. The molecule has 0 unspecified atom stereocenters. The number of halogens is 1. The predicted molar refractivity (Wildman–Crippen MR) is 138 cm³/mol. The second kappa shape index (κ2) is 10.0. The van der Waals surface area contributed by atoms with E-state index < -0.39 is 34.6 Å². The zero-order chi connectivity index (χ0) is 26.9. The third-order valence-electron chi connectivity index (χ3n) is 5.80. The van der Waals surface area contributed by atoms with Crippen LogP contribution in [0.1, 0.15) is 38.0 Å². The predicted octanol–water partition coefficient (Wildman–Crippen LogP) is 2.06. The minimum atomic E-state index is -1.70. The van der Waals surface area contributed by atoms with Crippen molar-refractivity contribution in [3.05, 3.63) is 56.0 Å². The molecular weight excluding hydrogens is 491 g/mol. The average molecular weight is 519 g/mol. The number of ether oxygens (including phenoxy) is 1. The molecule has 0 aliphatic rings. The van der Waals surface area contributed by atoms with E-state index in [2.05, 4.69) is 16.9 Å². The van der Waals surface area contributed by atoms with Gasteiger partial charge in [-0.2, -0.15) is 10.2 Å². The van der Waals surface area contributed by atoms with E-state index in [1.807, 2.05) is 0 Å². The largest absolute Gasteiger partial charge is 0.496 e. The van der Waals surface area contributed by atoms with E-state index in [-0.39, 0.29) is 28.1 Å². The normalized spacial score (nSPS) is 12.8. The second-order valence-electron chi connectivity index (χ2n) is 8.38. The van der Waals surface area contributed by atoms with Crippen molar-refractivity contribution < 1.29 is 19.0 Å². The van der Waals surface area contributed by atoms with Gasteiger partial charge in [-0.25, -0.2) is 13.8 Å². The van der Waals surface area contributed by atoms with Crippen LogP contribution in [0.15, 0.2) is 38.0 Å². The Kier molecular flexibility index (Phi) is 7.46. The SMILES string of the molecule is C=NN(/N=C\C)c1sc2c(c1C)c(=O)n(C(C)(C)C(N)=O)c(=O)n2C[C@H](O)c1cc(F)ccc1OC. The summed E-state index contributed by atoms with van der Waals surface area (Å²) in [4.78, 5) is 39.7. The van der Waals surface area contributed by atoms with Crippen molar-refractivity contribution in [2.24, 2.45) is 15.9 Å². The second-order valence-corrected chi connectivity index (χ2v) is 9.35. The fraction of sp³-hybridized carbons (Fsp3) is 0.348. The standard InChI is InChI=1S/C23H27FN6O5S/c1-7-27-30(26-5)19-12(2)17-18(32)29(23(3,4)21(25)33)22(34)28(20(17)36-19)11-15(31)14-10-13(24)8-9-16(14)35-6/h7-10,15,31H,5,11H2,1-4,6H3,(H2,25,33)/b27-7-/t15-/m0/s1. The average Bonchev–Trinajstić information content (AvgIpc) is 3.16. The Morgan fingerprint density at radius 1 is 1.42 bits per heavy atom. The summed E-state index contributed by atoms with van der Waals surface area (Å²) in [5.41, 5.74) is 2.75. The lowest BCUT2D eigenvalue weighted by molar-refractivity contribution is -0.125. The lowest BCUT2D eigenvalue weighted by atomic mass is 10.0. The van der Waals surface area contributed by atoms with Gasteiger partial charge in [0, 0.05) is 24.1 Å². The number of aliphatic hydroxyl groups is 1. The highest BCUT2D eigenvalue weighted by Crippen LogP contribution is 2.37. The number of aliphatic hydroxyl groups excluding tert-OH is 1. The summed E-state index contributed by atoms with van der Waals surface area (Å²) in [5, 5.41) is 20.7. The molecule has 1 atom stereocenters. The molecule has 0 radical (unpaired) electrons. The van der Waals surface area contributed by atoms with Gasteiger partial charge in [0.15, 0.2) is 0 Å².